The van der Waals surface area contributed by atoms with Crippen molar-refractivity contribution < 1.29 is 9.90 Å². The van der Waals surface area contributed by atoms with Crippen LogP contribution in [0.5, 0.6) is 0 Å². The summed E-state index contributed by atoms with van der Waals surface area (Å²) in [6.07, 6.45) is 6.53. The Morgan fingerprint density at radius 2 is 2.23 bits per heavy atom. The second kappa shape index (κ2) is 3.50. The topological polar surface area (TPSA) is 37.3 Å². The first kappa shape index (κ1) is 10.2. The van der Waals surface area contributed by atoms with Crippen LogP contribution in [-0.2, 0) is 4.79 Å². The zero-order valence-electron chi connectivity index (χ0n) is 8.37. The van der Waals surface area contributed by atoms with Gasteiger partial charge in [-0.3, -0.25) is 4.79 Å². The first-order valence-electron chi connectivity index (χ1n) is 4.58. The highest BCUT2D eigenvalue weighted by Gasteiger charge is 2.39. The van der Waals surface area contributed by atoms with Gasteiger partial charge >= 0.3 is 5.97 Å². The van der Waals surface area contributed by atoms with Crippen LogP contribution >= 0.6 is 0 Å². The third-order valence-electron chi connectivity index (χ3n) is 2.83. The lowest BCUT2D eigenvalue weighted by Gasteiger charge is -2.30. The monoisotopic (exact) mass is 196 g/mol. The molecule has 0 aromatic rings. The lowest BCUT2D eigenvalue weighted by Crippen LogP contribution is -2.34. The fourth-order valence-electron chi connectivity index (χ4n) is 1.58. The molecule has 0 radical (unpaired) electrons. The molecule has 2 nitrogen and oxygen atoms in total. The zero-order chi connectivity index (χ0) is 10.1. The standard InChI is InChI=1S/C10H16O2Si/c1-8-4-6-10(7-5-8,9(11)12)13(2)3/h4-6,13H,7H2,1-3H3,(H,11,12). The van der Waals surface area contributed by atoms with Crippen molar-refractivity contribution in [2.45, 2.75) is 31.5 Å². The van der Waals surface area contributed by atoms with Crippen LogP contribution in [0.3, 0.4) is 0 Å². The van der Waals surface area contributed by atoms with Gasteiger partial charge in [-0.2, -0.15) is 0 Å². The SMILES string of the molecule is CC1=CCC(C(=O)O)([SiH](C)C)C=C1. The Bertz CT molecular complexity index is 279. The van der Waals surface area contributed by atoms with Crippen molar-refractivity contribution in [3.05, 3.63) is 23.8 Å². The molecule has 1 aliphatic rings. The van der Waals surface area contributed by atoms with Crippen molar-refractivity contribution in [3.63, 3.8) is 0 Å². The Morgan fingerprint density at radius 3 is 2.54 bits per heavy atom. The lowest BCUT2D eigenvalue weighted by atomic mass is 9.96. The van der Waals surface area contributed by atoms with Crippen molar-refractivity contribution in [1.29, 1.82) is 0 Å². The molecule has 1 atom stereocenters. The Labute approximate surface area is 80.6 Å². The number of carboxylic acid groups (broad SMARTS) is 1. The van der Waals surface area contributed by atoms with Crippen LogP contribution in [0, 0.1) is 0 Å². The van der Waals surface area contributed by atoms with Gasteiger partial charge in [-0.25, -0.2) is 0 Å². The van der Waals surface area contributed by atoms with E-state index in [1.54, 1.807) is 0 Å². The summed E-state index contributed by atoms with van der Waals surface area (Å²) in [6, 6.07) is 0. The molecule has 0 saturated heterocycles. The van der Waals surface area contributed by atoms with Gasteiger partial charge in [-0.15, -0.1) is 0 Å². The third kappa shape index (κ3) is 1.75. The van der Waals surface area contributed by atoms with Crippen molar-refractivity contribution in [1.82, 2.24) is 0 Å². The molecule has 3 heteroatoms. The molecule has 0 aromatic heterocycles. The maximum Gasteiger partial charge on any atom is 0.310 e. The smallest absolute Gasteiger partial charge is 0.310 e. The Hall–Kier alpha value is -0.833. The molecule has 0 saturated carbocycles. The summed E-state index contributed by atoms with van der Waals surface area (Å²) in [4.78, 5) is 11.2. The molecule has 1 rings (SSSR count). The first-order valence-corrected chi connectivity index (χ1v) is 7.47. The second-order valence-electron chi connectivity index (χ2n) is 3.99. The summed E-state index contributed by atoms with van der Waals surface area (Å²) in [7, 11) is -1.20. The molecule has 0 fully saturated rings. The minimum absolute atomic E-state index is 0.542. The van der Waals surface area contributed by atoms with E-state index in [-0.39, 0.29) is 0 Å². The normalized spacial score (nSPS) is 27.5. The quantitative estimate of drug-likeness (QED) is 0.687. The van der Waals surface area contributed by atoms with Crippen LogP contribution in [0.4, 0.5) is 0 Å². The molecule has 0 spiro atoms. The van der Waals surface area contributed by atoms with E-state index in [9.17, 15) is 9.90 Å². The van der Waals surface area contributed by atoms with Gasteiger partial charge in [0, 0.05) is 0 Å². The molecular formula is C10H16O2Si. The highest BCUT2D eigenvalue weighted by Crippen LogP contribution is 2.40. The van der Waals surface area contributed by atoms with Gasteiger partial charge in [-0.1, -0.05) is 36.9 Å². The number of rotatable bonds is 2. The van der Waals surface area contributed by atoms with Crippen LogP contribution < -0.4 is 0 Å². The summed E-state index contributed by atoms with van der Waals surface area (Å²) in [5, 5.41) is 8.66. The van der Waals surface area contributed by atoms with Crippen molar-refractivity contribution in [2.75, 3.05) is 0 Å². The summed E-state index contributed by atoms with van der Waals surface area (Å²) in [5.41, 5.74) is 1.17. The van der Waals surface area contributed by atoms with Crippen LogP contribution in [0.15, 0.2) is 23.8 Å². The second-order valence-corrected chi connectivity index (χ2v) is 7.33. The van der Waals surface area contributed by atoms with Gasteiger partial charge in [0.05, 0.1) is 13.8 Å². The summed E-state index contributed by atoms with van der Waals surface area (Å²) < 4.78 is 0. The number of hydrogen-bond acceptors (Lipinski definition) is 1. The van der Waals surface area contributed by atoms with Crippen LogP contribution in [0.25, 0.3) is 0 Å². The molecule has 0 bridgehead atoms. The number of aliphatic carboxylic acids is 1. The number of carbonyl (C=O) groups is 1. The van der Waals surface area contributed by atoms with E-state index in [4.69, 9.17) is 0 Å². The van der Waals surface area contributed by atoms with Crippen LogP contribution in [-0.4, -0.2) is 19.9 Å². The van der Waals surface area contributed by atoms with E-state index in [2.05, 4.69) is 13.1 Å². The molecule has 72 valence electrons. The highest BCUT2D eigenvalue weighted by molar-refractivity contribution is 6.64. The van der Waals surface area contributed by atoms with Crippen LogP contribution in [0.2, 0.25) is 18.1 Å². The predicted octanol–water partition coefficient (Wildman–Crippen LogP) is 2.20. The number of hydrogen-bond donors (Lipinski definition) is 1. The largest absolute Gasteiger partial charge is 0.481 e. The summed E-state index contributed by atoms with van der Waals surface area (Å²) in [6.45, 7) is 6.18. The first-order chi connectivity index (χ1) is 5.99. The lowest BCUT2D eigenvalue weighted by molar-refractivity contribution is -0.139. The van der Waals surface area contributed by atoms with Gasteiger partial charge in [-0.05, 0) is 13.3 Å². The zero-order valence-corrected chi connectivity index (χ0v) is 9.53. The van der Waals surface area contributed by atoms with Gasteiger partial charge < -0.3 is 5.11 Å². The Kier molecular flexibility index (Phi) is 2.76. The fraction of sp³-hybridized carbons (Fsp3) is 0.500. The van der Waals surface area contributed by atoms with E-state index < -0.39 is 19.8 Å². The molecule has 1 unspecified atom stereocenters. The van der Waals surface area contributed by atoms with Crippen molar-refractivity contribution >= 4 is 14.8 Å². The maximum absolute atomic E-state index is 11.2. The van der Waals surface area contributed by atoms with Crippen molar-refractivity contribution in [2.24, 2.45) is 0 Å². The van der Waals surface area contributed by atoms with E-state index in [1.807, 2.05) is 25.2 Å². The minimum atomic E-state index is -1.20. The van der Waals surface area contributed by atoms with Gasteiger partial charge in [0.2, 0.25) is 0 Å². The third-order valence-corrected chi connectivity index (χ3v) is 5.57. The van der Waals surface area contributed by atoms with Gasteiger partial charge in [0.25, 0.3) is 0 Å². The van der Waals surface area contributed by atoms with Crippen LogP contribution in [0.1, 0.15) is 13.3 Å². The average Bonchev–Trinajstić information content (AvgIpc) is 2.04. The Morgan fingerprint density at radius 1 is 1.62 bits per heavy atom. The number of carboxylic acids is 1. The molecule has 1 N–H and O–H groups in total. The van der Waals surface area contributed by atoms with E-state index in [1.165, 1.54) is 5.57 Å². The van der Waals surface area contributed by atoms with Gasteiger partial charge in [0.15, 0.2) is 0 Å². The molecule has 0 heterocycles. The molecule has 0 amide bonds. The molecular weight excluding hydrogens is 180 g/mol. The summed E-state index contributed by atoms with van der Waals surface area (Å²) in [5.74, 6) is -0.658. The average molecular weight is 196 g/mol. The molecule has 0 aliphatic heterocycles. The van der Waals surface area contributed by atoms with E-state index in [0.717, 1.165) is 0 Å². The molecule has 0 aromatic carbocycles. The van der Waals surface area contributed by atoms with E-state index >= 15 is 0 Å². The highest BCUT2D eigenvalue weighted by atomic mass is 28.3. The molecule has 13 heavy (non-hydrogen) atoms. The minimum Gasteiger partial charge on any atom is -0.481 e. The Balaban J connectivity index is 2.98. The van der Waals surface area contributed by atoms with E-state index in [0.29, 0.717) is 6.42 Å². The summed E-state index contributed by atoms with van der Waals surface area (Å²) >= 11 is 0. The van der Waals surface area contributed by atoms with Gasteiger partial charge in [0.1, 0.15) is 0 Å². The predicted molar refractivity (Wildman–Crippen MR) is 56.7 cm³/mol. The molecule has 1 aliphatic carbocycles. The maximum atomic E-state index is 11.2. The fourth-order valence-corrected chi connectivity index (χ4v) is 3.14. The number of allylic oxidation sites excluding steroid dienone is 3. The van der Waals surface area contributed by atoms with Crippen molar-refractivity contribution in [3.8, 4) is 0 Å².